The zero-order chi connectivity index (χ0) is 11.4. The van der Waals surface area contributed by atoms with Crippen molar-refractivity contribution in [3.63, 3.8) is 0 Å². The minimum absolute atomic E-state index is 0.492. The van der Waals surface area contributed by atoms with Crippen LogP contribution in [0.4, 0.5) is 0 Å². The Morgan fingerprint density at radius 3 is 2.94 bits per heavy atom. The fourth-order valence-corrected chi connectivity index (χ4v) is 2.21. The highest BCUT2D eigenvalue weighted by molar-refractivity contribution is 9.10. The van der Waals surface area contributed by atoms with Crippen LogP contribution in [-0.2, 0) is 11.3 Å². The number of ether oxygens (including phenoxy) is 2. The van der Waals surface area contributed by atoms with E-state index in [0.717, 1.165) is 34.4 Å². The Labute approximate surface area is 103 Å². The topological polar surface area (TPSA) is 53.7 Å². The zero-order valence-corrected chi connectivity index (χ0v) is 10.5. The second-order valence-corrected chi connectivity index (χ2v) is 4.43. The second kappa shape index (κ2) is 5.52. The van der Waals surface area contributed by atoms with E-state index in [-0.39, 0.29) is 0 Å². The van der Waals surface area contributed by atoms with Crippen LogP contribution < -0.4 is 15.4 Å². The van der Waals surface area contributed by atoms with Crippen molar-refractivity contribution in [2.45, 2.75) is 12.8 Å². The molecule has 0 radical (unpaired) electrons. The van der Waals surface area contributed by atoms with Gasteiger partial charge in [-0.25, -0.2) is 5.90 Å². The number of fused-ring (bicyclic) bond motifs is 1. The van der Waals surface area contributed by atoms with Gasteiger partial charge >= 0.3 is 0 Å². The van der Waals surface area contributed by atoms with Crippen LogP contribution in [0.5, 0.6) is 11.5 Å². The molecule has 2 rings (SSSR count). The van der Waals surface area contributed by atoms with E-state index < -0.39 is 0 Å². The van der Waals surface area contributed by atoms with Crippen molar-refractivity contribution in [3.8, 4) is 11.5 Å². The van der Waals surface area contributed by atoms with Gasteiger partial charge in [-0.2, -0.15) is 0 Å². The van der Waals surface area contributed by atoms with Crippen molar-refractivity contribution in [1.29, 1.82) is 0 Å². The van der Waals surface area contributed by atoms with Gasteiger partial charge in [-0.15, -0.1) is 0 Å². The summed E-state index contributed by atoms with van der Waals surface area (Å²) in [6, 6.07) is 3.98. The molecule has 0 saturated heterocycles. The summed E-state index contributed by atoms with van der Waals surface area (Å²) >= 11 is 3.48. The first-order valence-corrected chi connectivity index (χ1v) is 6.00. The van der Waals surface area contributed by atoms with Crippen molar-refractivity contribution in [3.05, 3.63) is 22.2 Å². The molecule has 0 aromatic heterocycles. The van der Waals surface area contributed by atoms with Crippen LogP contribution >= 0.6 is 15.9 Å². The lowest BCUT2D eigenvalue weighted by atomic mass is 10.1. The monoisotopic (exact) mass is 287 g/mol. The van der Waals surface area contributed by atoms with Gasteiger partial charge in [0.25, 0.3) is 0 Å². The van der Waals surface area contributed by atoms with Crippen molar-refractivity contribution < 1.29 is 14.3 Å². The lowest BCUT2D eigenvalue weighted by molar-refractivity contribution is 0.141. The highest BCUT2D eigenvalue weighted by Gasteiger charge is 2.14. The van der Waals surface area contributed by atoms with E-state index in [0.29, 0.717) is 19.8 Å². The molecule has 1 aliphatic heterocycles. The highest BCUT2D eigenvalue weighted by atomic mass is 79.9. The Balaban J connectivity index is 2.24. The van der Waals surface area contributed by atoms with Crippen LogP contribution in [0, 0.1) is 0 Å². The summed E-state index contributed by atoms with van der Waals surface area (Å²) in [6.07, 6.45) is 1.66. The van der Waals surface area contributed by atoms with Crippen molar-refractivity contribution in [1.82, 2.24) is 0 Å². The zero-order valence-electron chi connectivity index (χ0n) is 8.87. The van der Waals surface area contributed by atoms with Crippen LogP contribution in [0.15, 0.2) is 16.6 Å². The van der Waals surface area contributed by atoms with Crippen LogP contribution in [-0.4, -0.2) is 19.8 Å². The maximum absolute atomic E-state index is 5.62. The maximum atomic E-state index is 5.62. The van der Waals surface area contributed by atoms with Gasteiger partial charge in [0.2, 0.25) is 0 Å². The van der Waals surface area contributed by atoms with E-state index in [1.807, 2.05) is 12.1 Å². The fourth-order valence-electron chi connectivity index (χ4n) is 1.61. The SMILES string of the molecule is NOCCc1cc(Br)c2c(c1)OCCCO2. The van der Waals surface area contributed by atoms with Gasteiger partial charge in [-0.3, -0.25) is 0 Å². The minimum atomic E-state index is 0.492. The molecule has 1 heterocycles. The van der Waals surface area contributed by atoms with Crippen LogP contribution in [0.3, 0.4) is 0 Å². The van der Waals surface area contributed by atoms with Gasteiger partial charge in [0.15, 0.2) is 11.5 Å². The summed E-state index contributed by atoms with van der Waals surface area (Å²) in [5.74, 6) is 6.59. The average molecular weight is 288 g/mol. The summed E-state index contributed by atoms with van der Waals surface area (Å²) in [4.78, 5) is 4.57. The smallest absolute Gasteiger partial charge is 0.175 e. The summed E-state index contributed by atoms with van der Waals surface area (Å²) in [7, 11) is 0. The molecular weight excluding hydrogens is 274 g/mol. The molecule has 5 heteroatoms. The van der Waals surface area contributed by atoms with Gasteiger partial charge in [0.1, 0.15) is 0 Å². The van der Waals surface area contributed by atoms with E-state index in [1.54, 1.807) is 0 Å². The number of halogens is 1. The largest absolute Gasteiger partial charge is 0.490 e. The molecule has 0 unspecified atom stereocenters. The summed E-state index contributed by atoms with van der Waals surface area (Å²) in [5, 5.41) is 0. The number of hydrogen-bond donors (Lipinski definition) is 1. The highest BCUT2D eigenvalue weighted by Crippen LogP contribution is 2.38. The van der Waals surface area contributed by atoms with E-state index in [9.17, 15) is 0 Å². The minimum Gasteiger partial charge on any atom is -0.490 e. The molecule has 16 heavy (non-hydrogen) atoms. The Morgan fingerprint density at radius 2 is 2.12 bits per heavy atom. The molecule has 0 aliphatic carbocycles. The Hall–Kier alpha value is -0.780. The van der Waals surface area contributed by atoms with E-state index in [1.165, 1.54) is 0 Å². The molecule has 88 valence electrons. The van der Waals surface area contributed by atoms with Crippen molar-refractivity contribution in [2.75, 3.05) is 19.8 Å². The van der Waals surface area contributed by atoms with Crippen molar-refractivity contribution >= 4 is 15.9 Å². The molecule has 0 atom stereocenters. The molecule has 4 nitrogen and oxygen atoms in total. The molecule has 1 aromatic rings. The number of nitrogens with two attached hydrogens (primary N) is 1. The first-order chi connectivity index (χ1) is 7.81. The van der Waals surface area contributed by atoms with Gasteiger partial charge < -0.3 is 14.3 Å². The third-order valence-corrected chi connectivity index (χ3v) is 2.96. The van der Waals surface area contributed by atoms with Gasteiger partial charge in [-0.1, -0.05) is 0 Å². The van der Waals surface area contributed by atoms with Crippen LogP contribution in [0.1, 0.15) is 12.0 Å². The van der Waals surface area contributed by atoms with E-state index in [4.69, 9.17) is 15.4 Å². The van der Waals surface area contributed by atoms with Gasteiger partial charge in [0.05, 0.1) is 24.3 Å². The van der Waals surface area contributed by atoms with E-state index >= 15 is 0 Å². The molecule has 1 aliphatic rings. The predicted molar refractivity (Wildman–Crippen MR) is 63.6 cm³/mol. The first kappa shape index (κ1) is 11.7. The summed E-state index contributed by atoms with van der Waals surface area (Å²) in [5.41, 5.74) is 1.11. The molecule has 0 amide bonds. The van der Waals surface area contributed by atoms with Gasteiger partial charge in [0, 0.05) is 6.42 Å². The van der Waals surface area contributed by atoms with Crippen LogP contribution in [0.25, 0.3) is 0 Å². The van der Waals surface area contributed by atoms with E-state index in [2.05, 4.69) is 20.8 Å². The molecule has 0 saturated carbocycles. The Morgan fingerprint density at radius 1 is 1.31 bits per heavy atom. The third-order valence-electron chi connectivity index (χ3n) is 2.37. The normalized spacial score (nSPS) is 14.6. The number of hydrogen-bond acceptors (Lipinski definition) is 4. The molecule has 1 aromatic carbocycles. The molecule has 0 bridgehead atoms. The summed E-state index contributed by atoms with van der Waals surface area (Å²) < 4.78 is 12.1. The van der Waals surface area contributed by atoms with Crippen LogP contribution in [0.2, 0.25) is 0 Å². The molecule has 2 N–H and O–H groups in total. The molecule has 0 fully saturated rings. The van der Waals surface area contributed by atoms with Gasteiger partial charge in [-0.05, 0) is 40.0 Å². The average Bonchev–Trinajstić information content (AvgIpc) is 2.51. The molecule has 0 spiro atoms. The first-order valence-electron chi connectivity index (χ1n) is 5.21. The lowest BCUT2D eigenvalue weighted by Gasteiger charge is -2.11. The third kappa shape index (κ3) is 2.66. The quantitative estimate of drug-likeness (QED) is 0.865. The summed E-state index contributed by atoms with van der Waals surface area (Å²) in [6.45, 7) is 1.87. The predicted octanol–water partition coefficient (Wildman–Crippen LogP) is 2.04. The second-order valence-electron chi connectivity index (χ2n) is 3.58. The Bertz CT molecular complexity index is 370. The fraction of sp³-hybridized carbons (Fsp3) is 0.455. The number of benzene rings is 1. The van der Waals surface area contributed by atoms with Crippen molar-refractivity contribution in [2.24, 2.45) is 5.90 Å². The lowest BCUT2D eigenvalue weighted by Crippen LogP contribution is -2.04. The Kier molecular flexibility index (Phi) is 4.04. The maximum Gasteiger partial charge on any atom is 0.175 e. The standard InChI is InChI=1S/C11H14BrNO3/c12-9-6-8(2-5-16-13)7-10-11(9)15-4-1-3-14-10/h6-7H,1-5,13H2. The molecular formula is C11H14BrNO3. The number of rotatable bonds is 3.